The van der Waals surface area contributed by atoms with Gasteiger partial charge in [0.2, 0.25) is 0 Å². The highest BCUT2D eigenvalue weighted by Crippen LogP contribution is 2.25. The molecule has 0 radical (unpaired) electrons. The number of rotatable bonds is 8. The predicted octanol–water partition coefficient (Wildman–Crippen LogP) is 3.47. The van der Waals surface area contributed by atoms with Gasteiger partial charge in [-0.05, 0) is 36.4 Å². The molecular weight excluding hydrogens is 353 g/mol. The average molecular weight is 371 g/mol. The minimum atomic E-state index is -0.521. The van der Waals surface area contributed by atoms with Crippen LogP contribution in [0.4, 0.5) is 4.39 Å². The van der Waals surface area contributed by atoms with Crippen molar-refractivity contribution in [3.05, 3.63) is 72.1 Å². The normalized spacial score (nSPS) is 10.6. The molecule has 0 unspecified atom stereocenters. The summed E-state index contributed by atoms with van der Waals surface area (Å²) in [6.07, 6.45) is 1.85. The van der Waals surface area contributed by atoms with Crippen LogP contribution in [0.25, 0.3) is 11.3 Å². The predicted molar refractivity (Wildman–Crippen MR) is 93.9 cm³/mol. The standard InChI is InChI=1S/C20H18FNO5/c21-17-6-2-1-5-16(17)18-9-7-14(27-18)8-10-20(24)26-13-19(23)22-12-15-4-3-11-25-15/h1-7,9,11H,8,10,12-13H2,(H,22,23). The number of carbonyl (C=O) groups is 2. The monoisotopic (exact) mass is 371 g/mol. The van der Waals surface area contributed by atoms with Gasteiger partial charge in [-0.15, -0.1) is 0 Å². The van der Waals surface area contributed by atoms with E-state index in [-0.39, 0.29) is 25.4 Å². The maximum absolute atomic E-state index is 13.7. The molecule has 0 aliphatic rings. The smallest absolute Gasteiger partial charge is 0.306 e. The van der Waals surface area contributed by atoms with Gasteiger partial charge in [-0.1, -0.05) is 12.1 Å². The van der Waals surface area contributed by atoms with E-state index in [2.05, 4.69) is 5.32 Å². The van der Waals surface area contributed by atoms with Crippen molar-refractivity contribution in [2.24, 2.45) is 0 Å². The molecule has 0 spiro atoms. The number of carbonyl (C=O) groups excluding carboxylic acids is 2. The van der Waals surface area contributed by atoms with E-state index < -0.39 is 11.9 Å². The third-order valence-electron chi connectivity index (χ3n) is 3.78. The SMILES string of the molecule is O=C(COC(=O)CCc1ccc(-c2ccccc2F)o1)NCc1ccco1. The molecule has 0 aliphatic heterocycles. The third-order valence-corrected chi connectivity index (χ3v) is 3.78. The highest BCUT2D eigenvalue weighted by Gasteiger charge is 2.12. The summed E-state index contributed by atoms with van der Waals surface area (Å²) in [6, 6.07) is 13.1. The Hall–Kier alpha value is -3.35. The van der Waals surface area contributed by atoms with Crippen LogP contribution in [-0.2, 0) is 27.3 Å². The van der Waals surface area contributed by atoms with Crippen LogP contribution in [0, 0.1) is 5.82 Å². The number of ether oxygens (including phenoxy) is 1. The fourth-order valence-corrected chi connectivity index (χ4v) is 2.41. The first kappa shape index (κ1) is 18.4. The topological polar surface area (TPSA) is 81.7 Å². The molecular formula is C20H18FNO5. The van der Waals surface area contributed by atoms with E-state index >= 15 is 0 Å². The van der Waals surface area contributed by atoms with Crippen molar-refractivity contribution in [3.63, 3.8) is 0 Å². The molecule has 2 aromatic heterocycles. The average Bonchev–Trinajstić information content (AvgIpc) is 3.35. The van der Waals surface area contributed by atoms with Gasteiger partial charge in [0.05, 0.1) is 24.8 Å². The number of halogens is 1. The van der Waals surface area contributed by atoms with E-state index in [1.807, 2.05) is 0 Å². The number of esters is 1. The van der Waals surface area contributed by atoms with Gasteiger partial charge in [0.1, 0.15) is 23.1 Å². The second-order valence-corrected chi connectivity index (χ2v) is 5.76. The highest BCUT2D eigenvalue weighted by atomic mass is 19.1. The van der Waals surface area contributed by atoms with Gasteiger partial charge < -0.3 is 18.9 Å². The van der Waals surface area contributed by atoms with E-state index in [0.29, 0.717) is 29.3 Å². The molecule has 1 amide bonds. The summed E-state index contributed by atoms with van der Waals surface area (Å²) in [5.74, 6) is 0.226. The van der Waals surface area contributed by atoms with E-state index in [9.17, 15) is 14.0 Å². The van der Waals surface area contributed by atoms with Gasteiger partial charge >= 0.3 is 5.97 Å². The minimum absolute atomic E-state index is 0.0513. The summed E-state index contributed by atoms with van der Waals surface area (Å²) in [6.45, 7) is -0.132. The lowest BCUT2D eigenvalue weighted by atomic mass is 10.1. The van der Waals surface area contributed by atoms with Gasteiger partial charge in [0.15, 0.2) is 6.61 Å². The zero-order valence-corrected chi connectivity index (χ0v) is 14.4. The number of hydrogen-bond acceptors (Lipinski definition) is 5. The van der Waals surface area contributed by atoms with E-state index in [4.69, 9.17) is 13.6 Å². The zero-order valence-electron chi connectivity index (χ0n) is 14.4. The van der Waals surface area contributed by atoms with Gasteiger partial charge in [-0.25, -0.2) is 4.39 Å². The number of amides is 1. The maximum atomic E-state index is 13.7. The summed E-state index contributed by atoms with van der Waals surface area (Å²) in [7, 11) is 0. The Labute approximate surface area is 154 Å². The maximum Gasteiger partial charge on any atom is 0.306 e. The van der Waals surface area contributed by atoms with Crippen molar-refractivity contribution in [3.8, 4) is 11.3 Å². The number of aryl methyl sites for hydroxylation is 1. The van der Waals surface area contributed by atoms with Crippen LogP contribution in [0.15, 0.2) is 63.6 Å². The van der Waals surface area contributed by atoms with Gasteiger partial charge in [0, 0.05) is 6.42 Å². The van der Waals surface area contributed by atoms with Crippen molar-refractivity contribution in [2.45, 2.75) is 19.4 Å². The molecule has 3 rings (SSSR count). The molecule has 7 heteroatoms. The summed E-state index contributed by atoms with van der Waals surface area (Å²) in [4.78, 5) is 23.4. The Morgan fingerprint density at radius 3 is 2.67 bits per heavy atom. The summed E-state index contributed by atoms with van der Waals surface area (Å²) < 4.78 is 29.3. The Morgan fingerprint density at radius 1 is 1.04 bits per heavy atom. The molecule has 0 aliphatic carbocycles. The van der Waals surface area contributed by atoms with Crippen LogP contribution in [0.2, 0.25) is 0 Å². The quantitative estimate of drug-likeness (QED) is 0.613. The Kier molecular flexibility index (Phi) is 6.04. The molecule has 2 heterocycles. The van der Waals surface area contributed by atoms with Crippen LogP contribution in [0.5, 0.6) is 0 Å². The van der Waals surface area contributed by atoms with Crippen LogP contribution >= 0.6 is 0 Å². The van der Waals surface area contributed by atoms with Crippen molar-refractivity contribution >= 4 is 11.9 Å². The van der Waals surface area contributed by atoms with Gasteiger partial charge in [0.25, 0.3) is 5.91 Å². The van der Waals surface area contributed by atoms with Crippen molar-refractivity contribution in [1.29, 1.82) is 0 Å². The summed E-state index contributed by atoms with van der Waals surface area (Å²) >= 11 is 0. The molecule has 1 aromatic carbocycles. The number of hydrogen-bond donors (Lipinski definition) is 1. The first-order valence-electron chi connectivity index (χ1n) is 8.40. The fourth-order valence-electron chi connectivity index (χ4n) is 2.41. The molecule has 3 aromatic rings. The third kappa shape index (κ3) is 5.31. The second kappa shape index (κ2) is 8.84. The van der Waals surface area contributed by atoms with Crippen LogP contribution in [-0.4, -0.2) is 18.5 Å². The Balaban J connectivity index is 1.40. The molecule has 0 saturated carbocycles. The van der Waals surface area contributed by atoms with E-state index in [0.717, 1.165) is 0 Å². The first-order valence-corrected chi connectivity index (χ1v) is 8.40. The number of benzene rings is 1. The van der Waals surface area contributed by atoms with E-state index in [1.54, 1.807) is 42.5 Å². The molecule has 6 nitrogen and oxygen atoms in total. The lowest BCUT2D eigenvalue weighted by Crippen LogP contribution is -2.28. The largest absolute Gasteiger partial charge is 0.467 e. The molecule has 0 fully saturated rings. The second-order valence-electron chi connectivity index (χ2n) is 5.76. The highest BCUT2D eigenvalue weighted by molar-refractivity contribution is 5.80. The van der Waals surface area contributed by atoms with Gasteiger partial charge in [-0.3, -0.25) is 9.59 Å². The van der Waals surface area contributed by atoms with Gasteiger partial charge in [-0.2, -0.15) is 0 Å². The van der Waals surface area contributed by atoms with Crippen LogP contribution in [0.1, 0.15) is 17.9 Å². The summed E-state index contributed by atoms with van der Waals surface area (Å²) in [5, 5.41) is 2.58. The fraction of sp³-hybridized carbons (Fsp3) is 0.200. The lowest BCUT2D eigenvalue weighted by Gasteiger charge is -2.05. The minimum Gasteiger partial charge on any atom is -0.467 e. The molecule has 1 N–H and O–H groups in total. The lowest BCUT2D eigenvalue weighted by molar-refractivity contribution is -0.148. The first-order chi connectivity index (χ1) is 13.1. The van der Waals surface area contributed by atoms with Crippen molar-refractivity contribution in [1.82, 2.24) is 5.32 Å². The van der Waals surface area contributed by atoms with Crippen LogP contribution in [0.3, 0.4) is 0 Å². The molecule has 27 heavy (non-hydrogen) atoms. The number of nitrogens with one attached hydrogen (secondary N) is 1. The molecule has 0 bridgehead atoms. The summed E-state index contributed by atoms with van der Waals surface area (Å²) in [5.41, 5.74) is 0.361. The molecule has 0 atom stereocenters. The van der Waals surface area contributed by atoms with Crippen molar-refractivity contribution < 1.29 is 27.6 Å². The number of furan rings is 2. The molecule has 0 saturated heterocycles. The van der Waals surface area contributed by atoms with Crippen molar-refractivity contribution in [2.75, 3.05) is 6.61 Å². The Bertz CT molecular complexity index is 901. The zero-order chi connectivity index (χ0) is 19.1. The van der Waals surface area contributed by atoms with Crippen LogP contribution < -0.4 is 5.32 Å². The van der Waals surface area contributed by atoms with E-state index in [1.165, 1.54) is 12.3 Å². The molecule has 140 valence electrons. The Morgan fingerprint density at radius 2 is 1.89 bits per heavy atom.